The first-order valence-corrected chi connectivity index (χ1v) is 6.72. The van der Waals surface area contributed by atoms with Crippen molar-refractivity contribution in [3.63, 3.8) is 0 Å². The molecule has 0 aliphatic heterocycles. The molecule has 5 nitrogen and oxygen atoms in total. The second-order valence-corrected chi connectivity index (χ2v) is 5.06. The van der Waals surface area contributed by atoms with Gasteiger partial charge in [-0.1, -0.05) is 28.1 Å². The van der Waals surface area contributed by atoms with E-state index in [4.69, 9.17) is 5.11 Å². The number of amides is 1. The number of Topliss-reactive ketones (excluding diaryl/α,β-unsaturated/α-hetero) is 1. The number of carbonyl (C=O) groups is 3. The smallest absolute Gasteiger partial charge is 0.377 e. The van der Waals surface area contributed by atoms with Crippen molar-refractivity contribution < 1.29 is 19.5 Å². The Hall–Kier alpha value is -2.47. The quantitative estimate of drug-likeness (QED) is 0.657. The molecule has 0 fully saturated rings. The average Bonchev–Trinajstić information content (AvgIpc) is 2.47. The lowest BCUT2D eigenvalue weighted by Crippen LogP contribution is -2.18. The number of nitrogens with one attached hydrogen (secondary N) is 1. The summed E-state index contributed by atoms with van der Waals surface area (Å²) in [5.74, 6) is -3.06. The number of halogens is 1. The molecule has 106 valence electrons. The molecule has 0 spiro atoms. The molecule has 0 aromatic heterocycles. The zero-order valence-corrected chi connectivity index (χ0v) is 12.3. The van der Waals surface area contributed by atoms with Gasteiger partial charge in [-0.3, -0.25) is 9.59 Å². The van der Waals surface area contributed by atoms with Gasteiger partial charge in [0.15, 0.2) is 0 Å². The molecule has 2 aromatic carbocycles. The first-order valence-electron chi connectivity index (χ1n) is 5.92. The van der Waals surface area contributed by atoms with Crippen LogP contribution in [0, 0.1) is 0 Å². The van der Waals surface area contributed by atoms with Gasteiger partial charge in [0.25, 0.3) is 11.7 Å². The van der Waals surface area contributed by atoms with Gasteiger partial charge >= 0.3 is 5.97 Å². The van der Waals surface area contributed by atoms with Gasteiger partial charge in [0.2, 0.25) is 0 Å². The number of carboxylic acid groups (broad SMARTS) is 1. The largest absolute Gasteiger partial charge is 0.475 e. The Bertz CT molecular complexity index is 710. The maximum atomic E-state index is 12.1. The fourth-order valence-electron chi connectivity index (χ4n) is 1.70. The number of para-hydroxylation sites is 1. The normalized spacial score (nSPS) is 9.95. The number of aliphatic carboxylic acids is 1. The molecule has 0 aliphatic carbocycles. The number of rotatable bonds is 4. The Kier molecular flexibility index (Phi) is 4.49. The second-order valence-electron chi connectivity index (χ2n) is 4.14. The summed E-state index contributed by atoms with van der Waals surface area (Å²) >= 11 is 3.27. The number of anilines is 1. The molecule has 21 heavy (non-hydrogen) atoms. The standard InChI is InChI=1S/C15H10BrNO4/c16-10-7-5-9(6-8-10)14(19)17-12-4-2-1-3-11(12)13(18)15(20)21/h1-8H,(H,17,19)(H,20,21). The van der Waals surface area contributed by atoms with Crippen LogP contribution < -0.4 is 5.32 Å². The minimum absolute atomic E-state index is 0.0598. The minimum Gasteiger partial charge on any atom is -0.475 e. The van der Waals surface area contributed by atoms with E-state index in [1.165, 1.54) is 18.2 Å². The molecule has 0 aliphatic rings. The van der Waals surface area contributed by atoms with Crippen LogP contribution in [0.15, 0.2) is 53.0 Å². The first kappa shape index (κ1) is 14.9. The van der Waals surface area contributed by atoms with Crippen molar-refractivity contribution in [2.45, 2.75) is 0 Å². The lowest BCUT2D eigenvalue weighted by Gasteiger charge is -2.09. The monoisotopic (exact) mass is 347 g/mol. The molecule has 2 rings (SSSR count). The summed E-state index contributed by atoms with van der Waals surface area (Å²) in [5, 5.41) is 11.3. The molecule has 1 amide bonds. The van der Waals surface area contributed by atoms with Crippen molar-refractivity contribution in [3.8, 4) is 0 Å². The third kappa shape index (κ3) is 3.55. The van der Waals surface area contributed by atoms with Gasteiger partial charge in [-0.25, -0.2) is 4.79 Å². The Labute approximate surface area is 128 Å². The Morgan fingerprint density at radius 2 is 1.57 bits per heavy atom. The average molecular weight is 348 g/mol. The summed E-state index contributed by atoms with van der Waals surface area (Å²) in [6, 6.07) is 12.6. The fourth-order valence-corrected chi connectivity index (χ4v) is 1.97. The summed E-state index contributed by atoms with van der Waals surface area (Å²) in [5.41, 5.74) is 0.504. The Morgan fingerprint density at radius 3 is 2.19 bits per heavy atom. The van der Waals surface area contributed by atoms with Gasteiger partial charge in [-0.2, -0.15) is 0 Å². The van der Waals surface area contributed by atoms with Crippen molar-refractivity contribution in [3.05, 3.63) is 64.1 Å². The predicted molar refractivity (Wildman–Crippen MR) is 80.5 cm³/mol. The molecular weight excluding hydrogens is 338 g/mol. The summed E-state index contributed by atoms with van der Waals surface area (Å²) in [7, 11) is 0. The van der Waals surface area contributed by atoms with E-state index >= 15 is 0 Å². The molecule has 0 radical (unpaired) electrons. The SMILES string of the molecule is O=C(O)C(=O)c1ccccc1NC(=O)c1ccc(Br)cc1. The Morgan fingerprint density at radius 1 is 0.952 bits per heavy atom. The third-order valence-electron chi connectivity index (χ3n) is 2.72. The van der Waals surface area contributed by atoms with E-state index in [0.29, 0.717) is 5.56 Å². The fraction of sp³-hybridized carbons (Fsp3) is 0. The molecule has 0 bridgehead atoms. The zero-order chi connectivity index (χ0) is 15.4. The number of ketones is 1. The lowest BCUT2D eigenvalue weighted by molar-refractivity contribution is -0.131. The molecule has 0 saturated heterocycles. The highest BCUT2D eigenvalue weighted by Gasteiger charge is 2.19. The van der Waals surface area contributed by atoms with E-state index < -0.39 is 17.7 Å². The maximum Gasteiger partial charge on any atom is 0.377 e. The van der Waals surface area contributed by atoms with Crippen LogP contribution in [0.2, 0.25) is 0 Å². The predicted octanol–water partition coefficient (Wildman–Crippen LogP) is 2.97. The van der Waals surface area contributed by atoms with E-state index in [0.717, 1.165) is 4.47 Å². The highest BCUT2D eigenvalue weighted by molar-refractivity contribution is 9.10. The van der Waals surface area contributed by atoms with Crippen LogP contribution in [0.5, 0.6) is 0 Å². The molecule has 0 saturated carbocycles. The topological polar surface area (TPSA) is 83.5 Å². The van der Waals surface area contributed by atoms with Crippen molar-refractivity contribution >= 4 is 39.3 Å². The van der Waals surface area contributed by atoms with Gasteiger partial charge < -0.3 is 10.4 Å². The van der Waals surface area contributed by atoms with Crippen molar-refractivity contribution in [1.82, 2.24) is 0 Å². The second kappa shape index (κ2) is 6.32. The van der Waals surface area contributed by atoms with Crippen LogP contribution in [0.25, 0.3) is 0 Å². The summed E-state index contributed by atoms with van der Waals surface area (Å²) in [6.07, 6.45) is 0. The Balaban J connectivity index is 2.27. The highest BCUT2D eigenvalue weighted by atomic mass is 79.9. The van der Waals surface area contributed by atoms with Crippen LogP contribution in [0.1, 0.15) is 20.7 Å². The summed E-state index contributed by atoms with van der Waals surface area (Å²) in [4.78, 5) is 34.4. The van der Waals surface area contributed by atoms with Gasteiger partial charge in [0, 0.05) is 10.0 Å². The molecular formula is C15H10BrNO4. The van der Waals surface area contributed by atoms with Crippen LogP contribution in [-0.4, -0.2) is 22.8 Å². The van der Waals surface area contributed by atoms with Crippen LogP contribution in [0.3, 0.4) is 0 Å². The summed E-state index contributed by atoms with van der Waals surface area (Å²) < 4.78 is 0.834. The van der Waals surface area contributed by atoms with E-state index in [1.54, 1.807) is 30.3 Å². The first-order chi connectivity index (χ1) is 9.99. The maximum absolute atomic E-state index is 12.1. The van der Waals surface area contributed by atoms with E-state index in [1.807, 2.05) is 0 Å². The number of hydrogen-bond acceptors (Lipinski definition) is 3. The molecule has 0 atom stereocenters. The van der Waals surface area contributed by atoms with Crippen LogP contribution in [-0.2, 0) is 4.79 Å². The number of benzene rings is 2. The summed E-state index contributed by atoms with van der Waals surface area (Å²) in [6.45, 7) is 0. The minimum atomic E-state index is -1.57. The molecule has 0 unspecified atom stereocenters. The van der Waals surface area contributed by atoms with E-state index in [-0.39, 0.29) is 11.3 Å². The van der Waals surface area contributed by atoms with Crippen molar-refractivity contribution in [1.29, 1.82) is 0 Å². The lowest BCUT2D eigenvalue weighted by atomic mass is 10.1. The van der Waals surface area contributed by atoms with Gasteiger partial charge in [-0.05, 0) is 36.4 Å². The van der Waals surface area contributed by atoms with E-state index in [9.17, 15) is 14.4 Å². The molecule has 0 heterocycles. The van der Waals surface area contributed by atoms with Gasteiger partial charge in [0.1, 0.15) is 0 Å². The highest BCUT2D eigenvalue weighted by Crippen LogP contribution is 2.18. The number of hydrogen-bond donors (Lipinski definition) is 2. The zero-order valence-electron chi connectivity index (χ0n) is 10.7. The van der Waals surface area contributed by atoms with E-state index in [2.05, 4.69) is 21.2 Å². The van der Waals surface area contributed by atoms with Crippen molar-refractivity contribution in [2.24, 2.45) is 0 Å². The third-order valence-corrected chi connectivity index (χ3v) is 3.25. The van der Waals surface area contributed by atoms with Crippen LogP contribution in [0.4, 0.5) is 5.69 Å². The van der Waals surface area contributed by atoms with Crippen molar-refractivity contribution in [2.75, 3.05) is 5.32 Å². The van der Waals surface area contributed by atoms with Gasteiger partial charge in [0.05, 0.1) is 11.3 Å². The molecule has 6 heteroatoms. The van der Waals surface area contributed by atoms with Gasteiger partial charge in [-0.15, -0.1) is 0 Å². The van der Waals surface area contributed by atoms with Crippen LogP contribution >= 0.6 is 15.9 Å². The number of carbonyl (C=O) groups excluding carboxylic acids is 2. The molecule has 2 aromatic rings. The number of carboxylic acids is 1. The molecule has 2 N–H and O–H groups in total.